The minimum Gasteiger partial charge on any atom is -0.354 e. The number of aryl methyl sites for hydroxylation is 1. The number of rotatable bonds is 6. The Morgan fingerprint density at radius 1 is 1.09 bits per heavy atom. The molecule has 0 aliphatic carbocycles. The van der Waals surface area contributed by atoms with Gasteiger partial charge in [0.15, 0.2) is 0 Å². The third-order valence-corrected chi connectivity index (χ3v) is 7.85. The lowest BCUT2D eigenvalue weighted by molar-refractivity contribution is -0.126. The second kappa shape index (κ2) is 10.2. The SMILES string of the molecule is Cc1ccc(N2C(=O)CC(C(=O)NCc3ccc(N4CCN(C)CC4)nc3)C2c2cccs2)cc1. The zero-order valence-electron chi connectivity index (χ0n) is 20.2. The number of aromatic nitrogens is 1. The van der Waals surface area contributed by atoms with Crippen LogP contribution in [0.4, 0.5) is 11.5 Å². The number of piperazine rings is 1. The molecule has 8 heteroatoms. The molecule has 2 saturated heterocycles. The Balaban J connectivity index is 1.28. The van der Waals surface area contributed by atoms with Crippen molar-refractivity contribution in [3.05, 3.63) is 76.1 Å². The van der Waals surface area contributed by atoms with E-state index in [1.807, 2.05) is 67.0 Å². The summed E-state index contributed by atoms with van der Waals surface area (Å²) in [5, 5.41) is 5.06. The predicted molar refractivity (Wildman–Crippen MR) is 140 cm³/mol. The summed E-state index contributed by atoms with van der Waals surface area (Å²) in [5.74, 6) is 0.404. The number of carbonyl (C=O) groups is 2. The molecule has 2 aliphatic rings. The van der Waals surface area contributed by atoms with Gasteiger partial charge in [0, 0.05) is 55.9 Å². The van der Waals surface area contributed by atoms with Gasteiger partial charge < -0.3 is 20.0 Å². The minimum absolute atomic E-state index is 0.0226. The molecule has 182 valence electrons. The summed E-state index contributed by atoms with van der Waals surface area (Å²) in [5.41, 5.74) is 2.91. The van der Waals surface area contributed by atoms with Crippen LogP contribution in [0.5, 0.6) is 0 Å². The first-order valence-corrected chi connectivity index (χ1v) is 13.0. The third-order valence-electron chi connectivity index (χ3n) is 6.91. The monoisotopic (exact) mass is 489 g/mol. The molecule has 2 atom stereocenters. The number of hydrogen-bond donors (Lipinski definition) is 1. The van der Waals surface area contributed by atoms with Crippen molar-refractivity contribution in [1.82, 2.24) is 15.2 Å². The van der Waals surface area contributed by atoms with Crippen molar-refractivity contribution in [2.24, 2.45) is 5.92 Å². The maximum atomic E-state index is 13.3. The molecule has 3 aromatic rings. The highest BCUT2D eigenvalue weighted by molar-refractivity contribution is 7.10. The van der Waals surface area contributed by atoms with Crippen LogP contribution in [0.25, 0.3) is 0 Å². The fourth-order valence-electron chi connectivity index (χ4n) is 4.83. The summed E-state index contributed by atoms with van der Waals surface area (Å²) < 4.78 is 0. The van der Waals surface area contributed by atoms with E-state index < -0.39 is 5.92 Å². The van der Waals surface area contributed by atoms with Crippen LogP contribution in [0.3, 0.4) is 0 Å². The Morgan fingerprint density at radius 3 is 2.51 bits per heavy atom. The van der Waals surface area contributed by atoms with Crippen LogP contribution in [0, 0.1) is 12.8 Å². The molecule has 1 aromatic carbocycles. The first-order chi connectivity index (χ1) is 17.0. The fourth-order valence-corrected chi connectivity index (χ4v) is 5.71. The standard InChI is InChI=1S/C27H31N5O2S/c1-19-5-8-21(9-6-19)32-25(33)16-22(26(32)23-4-3-15-35-23)27(34)29-18-20-7-10-24(28-17-20)31-13-11-30(2)12-14-31/h3-10,15,17,22,26H,11-14,16,18H2,1-2H3,(H,29,34). The maximum absolute atomic E-state index is 13.3. The topological polar surface area (TPSA) is 68.8 Å². The molecule has 0 bridgehead atoms. The summed E-state index contributed by atoms with van der Waals surface area (Å²) in [6.07, 6.45) is 2.03. The third kappa shape index (κ3) is 5.09. The highest BCUT2D eigenvalue weighted by Gasteiger charge is 2.45. The minimum atomic E-state index is -0.444. The predicted octanol–water partition coefficient (Wildman–Crippen LogP) is 3.61. The van der Waals surface area contributed by atoms with E-state index in [2.05, 4.69) is 27.1 Å². The van der Waals surface area contributed by atoms with Crippen LogP contribution in [-0.2, 0) is 16.1 Å². The highest BCUT2D eigenvalue weighted by Crippen LogP contribution is 2.43. The Bertz CT molecular complexity index is 1160. The summed E-state index contributed by atoms with van der Waals surface area (Å²) in [6.45, 7) is 6.42. The molecule has 2 unspecified atom stereocenters. The van der Waals surface area contributed by atoms with Crippen molar-refractivity contribution in [3.63, 3.8) is 0 Å². The molecular weight excluding hydrogens is 458 g/mol. The second-order valence-corrected chi connectivity index (χ2v) is 10.4. The number of amides is 2. The number of benzene rings is 1. The van der Waals surface area contributed by atoms with E-state index in [1.54, 1.807) is 16.2 Å². The first-order valence-electron chi connectivity index (χ1n) is 12.1. The zero-order chi connectivity index (χ0) is 24.4. The molecule has 2 amide bonds. The average Bonchev–Trinajstić information content (AvgIpc) is 3.52. The number of nitrogens with zero attached hydrogens (tertiary/aromatic N) is 4. The molecule has 0 saturated carbocycles. The molecule has 2 fully saturated rings. The Hall–Kier alpha value is -3.23. The molecule has 2 aromatic heterocycles. The average molecular weight is 490 g/mol. The molecule has 5 rings (SSSR count). The van der Waals surface area contributed by atoms with Gasteiger partial charge in [0.2, 0.25) is 11.8 Å². The van der Waals surface area contributed by atoms with Gasteiger partial charge in [-0.2, -0.15) is 0 Å². The summed E-state index contributed by atoms with van der Waals surface area (Å²) in [6, 6.07) is 15.7. The van der Waals surface area contributed by atoms with Gasteiger partial charge in [-0.25, -0.2) is 4.98 Å². The van der Waals surface area contributed by atoms with Crippen LogP contribution in [0.2, 0.25) is 0 Å². The van der Waals surface area contributed by atoms with Crippen LogP contribution in [0.1, 0.15) is 28.5 Å². The summed E-state index contributed by atoms with van der Waals surface area (Å²) in [4.78, 5) is 38.5. The lowest BCUT2D eigenvalue weighted by Gasteiger charge is -2.33. The smallest absolute Gasteiger partial charge is 0.228 e. The van der Waals surface area contributed by atoms with Gasteiger partial charge in [0.05, 0.1) is 12.0 Å². The van der Waals surface area contributed by atoms with Gasteiger partial charge in [0.1, 0.15) is 5.82 Å². The quantitative estimate of drug-likeness (QED) is 0.573. The lowest BCUT2D eigenvalue weighted by Crippen LogP contribution is -2.44. The van der Waals surface area contributed by atoms with Crippen molar-refractivity contribution in [3.8, 4) is 0 Å². The summed E-state index contributed by atoms with van der Waals surface area (Å²) >= 11 is 1.58. The van der Waals surface area contributed by atoms with Crippen LogP contribution < -0.4 is 15.1 Å². The van der Waals surface area contributed by atoms with Gasteiger partial charge in [0.25, 0.3) is 0 Å². The normalized spacial score (nSPS) is 20.9. The van der Waals surface area contributed by atoms with Gasteiger partial charge in [-0.05, 0) is 49.2 Å². The van der Waals surface area contributed by atoms with E-state index in [0.29, 0.717) is 6.54 Å². The van der Waals surface area contributed by atoms with Gasteiger partial charge in [-0.3, -0.25) is 9.59 Å². The van der Waals surface area contributed by atoms with Gasteiger partial charge >= 0.3 is 0 Å². The number of carbonyl (C=O) groups excluding carboxylic acids is 2. The number of anilines is 2. The molecule has 4 heterocycles. The van der Waals surface area contributed by atoms with Crippen LogP contribution in [-0.4, -0.2) is 54.9 Å². The lowest BCUT2D eigenvalue weighted by atomic mass is 9.97. The van der Waals surface area contributed by atoms with E-state index >= 15 is 0 Å². The van der Waals surface area contributed by atoms with E-state index in [-0.39, 0.29) is 24.3 Å². The number of likely N-dealkylation sites (N-methyl/N-ethyl adjacent to an activating group) is 1. The van der Waals surface area contributed by atoms with E-state index in [4.69, 9.17) is 0 Å². The Labute approximate surface area is 210 Å². The van der Waals surface area contributed by atoms with Crippen molar-refractivity contribution >= 4 is 34.7 Å². The zero-order valence-corrected chi connectivity index (χ0v) is 21.0. The van der Waals surface area contributed by atoms with Crippen molar-refractivity contribution in [2.75, 3.05) is 43.0 Å². The van der Waals surface area contributed by atoms with Crippen molar-refractivity contribution < 1.29 is 9.59 Å². The number of hydrogen-bond acceptors (Lipinski definition) is 6. The molecule has 35 heavy (non-hydrogen) atoms. The second-order valence-electron chi connectivity index (χ2n) is 9.40. The maximum Gasteiger partial charge on any atom is 0.228 e. The van der Waals surface area contributed by atoms with Gasteiger partial charge in [-0.1, -0.05) is 29.8 Å². The summed E-state index contributed by atoms with van der Waals surface area (Å²) in [7, 11) is 2.14. The molecule has 1 N–H and O–H groups in total. The molecule has 2 aliphatic heterocycles. The van der Waals surface area contributed by atoms with Crippen molar-refractivity contribution in [1.29, 1.82) is 0 Å². The first kappa shape index (κ1) is 23.5. The number of pyridine rings is 1. The molecule has 0 radical (unpaired) electrons. The number of nitrogens with one attached hydrogen (secondary N) is 1. The van der Waals surface area contributed by atoms with E-state index in [9.17, 15) is 9.59 Å². The fraction of sp³-hybridized carbons (Fsp3) is 0.370. The Kier molecular flexibility index (Phi) is 6.83. The molecule has 0 spiro atoms. The van der Waals surface area contributed by atoms with E-state index in [1.165, 1.54) is 0 Å². The van der Waals surface area contributed by atoms with Crippen LogP contribution >= 0.6 is 11.3 Å². The molecular formula is C27H31N5O2S. The largest absolute Gasteiger partial charge is 0.354 e. The van der Waals surface area contributed by atoms with Crippen molar-refractivity contribution in [2.45, 2.75) is 25.9 Å². The number of thiophene rings is 1. The highest BCUT2D eigenvalue weighted by atomic mass is 32.1. The van der Waals surface area contributed by atoms with Crippen LogP contribution in [0.15, 0.2) is 60.1 Å². The molecule has 7 nitrogen and oxygen atoms in total. The Morgan fingerprint density at radius 2 is 1.86 bits per heavy atom. The van der Waals surface area contributed by atoms with Gasteiger partial charge in [-0.15, -0.1) is 11.3 Å². The van der Waals surface area contributed by atoms with E-state index in [0.717, 1.165) is 53.7 Å².